The molecule has 1 saturated heterocycles. The minimum atomic E-state index is -3.57. The summed E-state index contributed by atoms with van der Waals surface area (Å²) < 4.78 is 27.1. The molecule has 2 aromatic carbocycles. The van der Waals surface area contributed by atoms with E-state index >= 15 is 0 Å². The molecule has 7 nitrogen and oxygen atoms in total. The van der Waals surface area contributed by atoms with Gasteiger partial charge in [-0.2, -0.15) is 0 Å². The largest absolute Gasteiger partial charge is 0.368 e. The van der Waals surface area contributed by atoms with Gasteiger partial charge in [0.1, 0.15) is 0 Å². The summed E-state index contributed by atoms with van der Waals surface area (Å²) in [5, 5.41) is 3.29. The molecule has 1 fully saturated rings. The second-order valence-electron chi connectivity index (χ2n) is 7.03. The lowest BCUT2D eigenvalue weighted by Gasteiger charge is -2.29. The Morgan fingerprint density at radius 1 is 1.14 bits per heavy atom. The molecular weight excluding hydrogens is 376 g/mol. The summed E-state index contributed by atoms with van der Waals surface area (Å²) in [6, 6.07) is 13.1. The highest BCUT2D eigenvalue weighted by atomic mass is 32.2. The van der Waals surface area contributed by atoms with Crippen molar-refractivity contribution in [2.75, 3.05) is 31.1 Å². The number of nitrogens with zero attached hydrogens (tertiary/aromatic N) is 1. The predicted molar refractivity (Wildman–Crippen MR) is 110 cm³/mol. The van der Waals surface area contributed by atoms with Gasteiger partial charge in [0.2, 0.25) is 15.9 Å². The average Bonchev–Trinajstić information content (AvgIpc) is 2.67. The molecule has 0 aromatic heterocycles. The van der Waals surface area contributed by atoms with Crippen LogP contribution in [-0.2, 0) is 10.0 Å². The number of hydrogen-bond acceptors (Lipinski definition) is 5. The number of benzene rings is 2. The van der Waals surface area contributed by atoms with Gasteiger partial charge in [0.05, 0.1) is 10.5 Å². The van der Waals surface area contributed by atoms with E-state index in [-0.39, 0.29) is 10.9 Å². The Morgan fingerprint density at radius 2 is 1.79 bits per heavy atom. The van der Waals surface area contributed by atoms with Gasteiger partial charge in [-0.3, -0.25) is 4.79 Å². The minimum absolute atomic E-state index is 0.173. The molecular formula is C20H25N4O3S. The van der Waals surface area contributed by atoms with Crippen LogP contribution in [0.5, 0.6) is 0 Å². The number of carbonyl (C=O) groups is 1. The summed E-state index contributed by atoms with van der Waals surface area (Å²) in [6.07, 6.45) is 0. The third-order valence-corrected chi connectivity index (χ3v) is 6.18. The lowest BCUT2D eigenvalue weighted by Crippen LogP contribution is -2.43. The van der Waals surface area contributed by atoms with Gasteiger partial charge in [0, 0.05) is 44.0 Å². The van der Waals surface area contributed by atoms with Gasteiger partial charge in [-0.15, -0.1) is 0 Å². The predicted octanol–water partition coefficient (Wildman–Crippen LogP) is 1.35. The number of rotatable bonds is 6. The van der Waals surface area contributed by atoms with E-state index in [4.69, 9.17) is 5.73 Å². The van der Waals surface area contributed by atoms with Crippen molar-refractivity contribution < 1.29 is 13.2 Å². The standard InChI is InChI=1S/C20H25N4O3S/c1-14(2)23-28(26,27)17-6-3-15(4-7-17)18-8-5-16(13-19(18)20(21)25)24-11-9-22-10-12-24/h3-8,14,22-23H,9-12H2,1-2H3,(H2,21,25). The molecule has 0 spiro atoms. The molecule has 4 N–H and O–H groups in total. The van der Waals surface area contributed by atoms with E-state index in [1.807, 2.05) is 12.1 Å². The summed E-state index contributed by atoms with van der Waals surface area (Å²) in [5.74, 6) is -0.565. The van der Waals surface area contributed by atoms with Crippen molar-refractivity contribution in [3.63, 3.8) is 0 Å². The maximum Gasteiger partial charge on any atom is 0.250 e. The number of amides is 1. The highest BCUT2D eigenvalue weighted by Gasteiger charge is 2.18. The van der Waals surface area contributed by atoms with Gasteiger partial charge >= 0.3 is 0 Å². The first-order valence-corrected chi connectivity index (χ1v) is 10.7. The second kappa shape index (κ2) is 8.30. The van der Waals surface area contributed by atoms with E-state index in [0.717, 1.165) is 31.9 Å². The van der Waals surface area contributed by atoms with E-state index in [1.165, 1.54) is 12.1 Å². The van der Waals surface area contributed by atoms with Gasteiger partial charge in [-0.1, -0.05) is 18.2 Å². The summed E-state index contributed by atoms with van der Waals surface area (Å²) in [4.78, 5) is 14.4. The first-order chi connectivity index (χ1) is 13.3. The Bertz CT molecular complexity index is 950. The average molecular weight is 402 g/mol. The highest BCUT2D eigenvalue weighted by Crippen LogP contribution is 2.28. The van der Waals surface area contributed by atoms with Crippen molar-refractivity contribution in [3.8, 4) is 11.1 Å². The molecule has 0 aliphatic carbocycles. The Hall–Kier alpha value is -2.42. The quantitative estimate of drug-likeness (QED) is 0.678. The van der Waals surface area contributed by atoms with Crippen molar-refractivity contribution in [2.24, 2.45) is 5.73 Å². The summed E-state index contributed by atoms with van der Waals surface area (Å²) in [6.45, 7) is 6.96. The number of piperazine rings is 1. The zero-order valence-electron chi connectivity index (χ0n) is 16.0. The first kappa shape index (κ1) is 20.3. The molecule has 0 unspecified atom stereocenters. The molecule has 1 amide bonds. The third-order valence-electron chi connectivity index (χ3n) is 4.50. The van der Waals surface area contributed by atoms with E-state index in [0.29, 0.717) is 16.7 Å². The fourth-order valence-corrected chi connectivity index (χ4v) is 4.45. The lowest BCUT2D eigenvalue weighted by atomic mass is 9.98. The Labute approximate surface area is 166 Å². The summed E-state index contributed by atoms with van der Waals surface area (Å²) in [5.41, 5.74) is 8.07. The summed E-state index contributed by atoms with van der Waals surface area (Å²) in [7, 11) is -3.57. The maximum atomic E-state index is 12.3. The number of anilines is 1. The Balaban J connectivity index is 1.93. The molecule has 3 rings (SSSR count). The van der Waals surface area contributed by atoms with Gasteiger partial charge in [-0.25, -0.2) is 13.1 Å². The fraction of sp³-hybridized carbons (Fsp3) is 0.350. The fourth-order valence-electron chi connectivity index (χ4n) is 3.20. The molecule has 8 heteroatoms. The zero-order valence-corrected chi connectivity index (χ0v) is 16.8. The number of nitrogens with one attached hydrogen (secondary N) is 2. The normalized spacial score (nSPS) is 15.0. The molecule has 28 heavy (non-hydrogen) atoms. The molecule has 0 bridgehead atoms. The number of nitrogens with two attached hydrogens (primary N) is 1. The van der Waals surface area contributed by atoms with E-state index in [2.05, 4.69) is 21.0 Å². The van der Waals surface area contributed by atoms with Gasteiger partial charge in [0.25, 0.3) is 0 Å². The van der Waals surface area contributed by atoms with Crippen LogP contribution in [0.2, 0.25) is 0 Å². The third kappa shape index (κ3) is 4.52. The highest BCUT2D eigenvalue weighted by molar-refractivity contribution is 7.89. The lowest BCUT2D eigenvalue weighted by molar-refractivity contribution is 0.100. The van der Waals surface area contributed by atoms with Crippen LogP contribution >= 0.6 is 0 Å². The number of hydrogen-bond donors (Lipinski definition) is 3. The molecule has 0 saturated carbocycles. The van der Waals surface area contributed by atoms with Gasteiger partial charge in [-0.05, 0) is 43.2 Å². The molecule has 149 valence electrons. The number of sulfonamides is 1. The number of primary amides is 1. The topological polar surface area (TPSA) is 105 Å². The molecule has 0 atom stereocenters. The monoisotopic (exact) mass is 401 g/mol. The van der Waals surface area contributed by atoms with Crippen LogP contribution in [0, 0.1) is 6.07 Å². The van der Waals surface area contributed by atoms with E-state index in [9.17, 15) is 13.2 Å². The van der Waals surface area contributed by atoms with Crippen LogP contribution in [0.4, 0.5) is 5.69 Å². The van der Waals surface area contributed by atoms with E-state index in [1.54, 1.807) is 26.0 Å². The van der Waals surface area contributed by atoms with Crippen molar-refractivity contribution in [1.29, 1.82) is 0 Å². The van der Waals surface area contributed by atoms with E-state index < -0.39 is 15.9 Å². The molecule has 2 aromatic rings. The first-order valence-electron chi connectivity index (χ1n) is 9.22. The van der Waals surface area contributed by atoms with Crippen LogP contribution in [0.15, 0.2) is 41.3 Å². The van der Waals surface area contributed by atoms with Crippen LogP contribution in [0.3, 0.4) is 0 Å². The molecule has 1 aliphatic heterocycles. The van der Waals surface area contributed by atoms with Gasteiger partial charge < -0.3 is 16.0 Å². The van der Waals surface area contributed by atoms with Crippen molar-refractivity contribution >= 4 is 21.6 Å². The second-order valence-corrected chi connectivity index (χ2v) is 8.75. The zero-order chi connectivity index (χ0) is 20.3. The molecule has 1 radical (unpaired) electrons. The summed E-state index contributed by atoms with van der Waals surface area (Å²) >= 11 is 0. The molecule has 1 aliphatic rings. The van der Waals surface area contributed by atoms with Crippen molar-refractivity contribution in [2.45, 2.75) is 24.8 Å². The van der Waals surface area contributed by atoms with Crippen LogP contribution < -0.4 is 20.7 Å². The van der Waals surface area contributed by atoms with Gasteiger partial charge in [0.15, 0.2) is 0 Å². The smallest absolute Gasteiger partial charge is 0.250 e. The maximum absolute atomic E-state index is 12.3. The number of carbonyl (C=O) groups excluding carboxylic acids is 1. The van der Waals surface area contributed by atoms with Crippen molar-refractivity contribution in [3.05, 3.63) is 48.0 Å². The Morgan fingerprint density at radius 3 is 2.36 bits per heavy atom. The Kier molecular flexibility index (Phi) is 6.02. The molecule has 1 heterocycles. The van der Waals surface area contributed by atoms with Crippen LogP contribution in [-0.4, -0.2) is 46.5 Å². The minimum Gasteiger partial charge on any atom is -0.368 e. The van der Waals surface area contributed by atoms with Crippen LogP contribution in [0.25, 0.3) is 11.1 Å². The van der Waals surface area contributed by atoms with Crippen molar-refractivity contribution in [1.82, 2.24) is 10.0 Å². The van der Waals surface area contributed by atoms with Crippen LogP contribution in [0.1, 0.15) is 24.2 Å². The SMILES string of the molecule is CC(C)NS(=O)(=O)c1ccc(-c2ccc(N3CCNCC3)[c]c2C(N)=O)cc1.